The highest BCUT2D eigenvalue weighted by atomic mass is 79.9. The second kappa shape index (κ2) is 5.44. The Kier molecular flexibility index (Phi) is 3.91. The van der Waals surface area contributed by atoms with Crippen molar-refractivity contribution in [2.24, 2.45) is 7.05 Å². The molecule has 0 spiro atoms. The van der Waals surface area contributed by atoms with Crippen LogP contribution in [0.2, 0.25) is 0 Å². The quantitative estimate of drug-likeness (QED) is 0.871. The van der Waals surface area contributed by atoms with Gasteiger partial charge < -0.3 is 14.0 Å². The zero-order valence-corrected chi connectivity index (χ0v) is 12.2. The number of halogens is 1. The third-order valence-electron chi connectivity index (χ3n) is 2.72. The lowest BCUT2D eigenvalue weighted by atomic mass is 10.1. The maximum atomic E-state index is 5.25. The number of hydrogen-bond donors (Lipinski definition) is 0. The molecule has 0 saturated heterocycles. The highest BCUT2D eigenvalue weighted by molar-refractivity contribution is 9.10. The molecule has 0 radical (unpaired) electrons. The summed E-state index contributed by atoms with van der Waals surface area (Å²) in [5.74, 6) is 1.58. The molecular formula is C13H15BrN2O2. The van der Waals surface area contributed by atoms with Crippen LogP contribution in [-0.2, 0) is 13.5 Å². The fourth-order valence-corrected chi connectivity index (χ4v) is 2.08. The van der Waals surface area contributed by atoms with E-state index in [9.17, 15) is 0 Å². The summed E-state index contributed by atoms with van der Waals surface area (Å²) < 4.78 is 13.4. The third kappa shape index (κ3) is 2.67. The molecule has 2 aromatic rings. The van der Waals surface area contributed by atoms with E-state index < -0.39 is 0 Å². The molecule has 18 heavy (non-hydrogen) atoms. The number of methoxy groups -OCH3 is 2. The van der Waals surface area contributed by atoms with Crippen LogP contribution < -0.4 is 9.47 Å². The fraction of sp³-hybridized carbons (Fsp3) is 0.308. The van der Waals surface area contributed by atoms with E-state index in [1.54, 1.807) is 20.5 Å². The molecule has 0 aliphatic carbocycles. The lowest BCUT2D eigenvalue weighted by Crippen LogP contribution is -1.94. The van der Waals surface area contributed by atoms with E-state index in [0.717, 1.165) is 33.8 Å². The van der Waals surface area contributed by atoms with Crippen LogP contribution in [0.4, 0.5) is 0 Å². The lowest BCUT2D eigenvalue weighted by Gasteiger charge is -2.07. The molecule has 0 fully saturated rings. The number of nitrogens with zero attached hydrogens (tertiary/aromatic N) is 2. The molecule has 5 heteroatoms. The summed E-state index contributed by atoms with van der Waals surface area (Å²) in [6, 6.07) is 5.84. The molecule has 0 N–H and O–H groups in total. The van der Waals surface area contributed by atoms with Gasteiger partial charge in [-0.05, 0) is 33.6 Å². The van der Waals surface area contributed by atoms with Crippen LogP contribution in [0.3, 0.4) is 0 Å². The second-order valence-corrected chi connectivity index (χ2v) is 4.74. The Morgan fingerprint density at radius 2 is 1.78 bits per heavy atom. The number of rotatable bonds is 4. The van der Waals surface area contributed by atoms with E-state index in [-0.39, 0.29) is 0 Å². The van der Waals surface area contributed by atoms with Crippen LogP contribution in [0, 0.1) is 0 Å². The first-order valence-corrected chi connectivity index (χ1v) is 6.31. The zero-order chi connectivity index (χ0) is 13.1. The molecule has 96 valence electrons. The van der Waals surface area contributed by atoms with E-state index in [2.05, 4.69) is 20.9 Å². The normalized spacial score (nSPS) is 10.4. The molecule has 0 unspecified atom stereocenters. The predicted octanol–water partition coefficient (Wildman–Crippen LogP) is 2.79. The van der Waals surface area contributed by atoms with Gasteiger partial charge in [-0.25, -0.2) is 4.98 Å². The first kappa shape index (κ1) is 13.0. The van der Waals surface area contributed by atoms with Gasteiger partial charge in [0.2, 0.25) is 0 Å². The summed E-state index contributed by atoms with van der Waals surface area (Å²) >= 11 is 3.52. The standard InChI is InChI=1S/C13H15BrN2O2/c1-16-8-15-12(13(16)14)6-9-4-10(17-2)7-11(5-9)18-3/h4-5,7-8H,6H2,1-3H3. The number of aryl methyl sites for hydroxylation is 1. The maximum Gasteiger partial charge on any atom is 0.122 e. The smallest absolute Gasteiger partial charge is 0.122 e. The summed E-state index contributed by atoms with van der Waals surface area (Å²) in [7, 11) is 5.25. The monoisotopic (exact) mass is 310 g/mol. The number of imidazole rings is 1. The first-order chi connectivity index (χ1) is 8.63. The zero-order valence-electron chi connectivity index (χ0n) is 10.6. The third-order valence-corrected chi connectivity index (χ3v) is 3.73. The number of benzene rings is 1. The van der Waals surface area contributed by atoms with Gasteiger partial charge in [-0.1, -0.05) is 0 Å². The van der Waals surface area contributed by atoms with Gasteiger partial charge in [0.05, 0.1) is 26.2 Å². The second-order valence-electron chi connectivity index (χ2n) is 3.99. The molecule has 0 aliphatic rings. The summed E-state index contributed by atoms with van der Waals surface area (Å²) in [5, 5.41) is 0. The van der Waals surface area contributed by atoms with E-state index in [4.69, 9.17) is 9.47 Å². The van der Waals surface area contributed by atoms with Crippen molar-refractivity contribution in [3.8, 4) is 11.5 Å². The van der Waals surface area contributed by atoms with Crippen molar-refractivity contribution in [3.05, 3.63) is 40.4 Å². The number of aromatic nitrogens is 2. The van der Waals surface area contributed by atoms with E-state index in [0.29, 0.717) is 0 Å². The highest BCUT2D eigenvalue weighted by Crippen LogP contribution is 2.25. The van der Waals surface area contributed by atoms with Gasteiger partial charge in [-0.3, -0.25) is 0 Å². The van der Waals surface area contributed by atoms with Crippen LogP contribution in [0.15, 0.2) is 29.1 Å². The topological polar surface area (TPSA) is 36.3 Å². The summed E-state index contributed by atoms with van der Waals surface area (Å²) in [6.07, 6.45) is 2.52. The van der Waals surface area contributed by atoms with Crippen molar-refractivity contribution in [2.45, 2.75) is 6.42 Å². The van der Waals surface area contributed by atoms with Crippen molar-refractivity contribution in [1.82, 2.24) is 9.55 Å². The van der Waals surface area contributed by atoms with Crippen molar-refractivity contribution >= 4 is 15.9 Å². The fourth-order valence-electron chi connectivity index (χ4n) is 1.74. The minimum atomic E-state index is 0.731. The number of hydrogen-bond acceptors (Lipinski definition) is 3. The molecule has 0 bridgehead atoms. The summed E-state index contributed by atoms with van der Waals surface area (Å²) in [6.45, 7) is 0. The van der Waals surface area contributed by atoms with Gasteiger partial charge in [0.15, 0.2) is 0 Å². The number of ether oxygens (including phenoxy) is 2. The Morgan fingerprint density at radius 3 is 2.22 bits per heavy atom. The Balaban J connectivity index is 2.31. The molecule has 2 rings (SSSR count). The molecule has 0 atom stereocenters. The van der Waals surface area contributed by atoms with Crippen LogP contribution in [0.1, 0.15) is 11.3 Å². The van der Waals surface area contributed by atoms with Crippen molar-refractivity contribution in [3.63, 3.8) is 0 Å². The SMILES string of the molecule is COc1cc(Cc2ncn(C)c2Br)cc(OC)c1. The van der Waals surface area contributed by atoms with Crippen molar-refractivity contribution in [1.29, 1.82) is 0 Å². The average molecular weight is 311 g/mol. The average Bonchev–Trinajstić information content (AvgIpc) is 2.70. The summed E-state index contributed by atoms with van der Waals surface area (Å²) in [4.78, 5) is 4.36. The van der Waals surface area contributed by atoms with Crippen LogP contribution in [0.25, 0.3) is 0 Å². The molecule has 1 aromatic carbocycles. The summed E-state index contributed by atoms with van der Waals surface area (Å²) in [5.41, 5.74) is 2.10. The van der Waals surface area contributed by atoms with E-state index >= 15 is 0 Å². The first-order valence-electron chi connectivity index (χ1n) is 5.51. The van der Waals surface area contributed by atoms with E-state index in [1.807, 2.05) is 29.8 Å². The Bertz CT molecular complexity index is 530. The van der Waals surface area contributed by atoms with Gasteiger partial charge >= 0.3 is 0 Å². The molecule has 1 aromatic heterocycles. The molecule has 4 nitrogen and oxygen atoms in total. The maximum absolute atomic E-state index is 5.25. The van der Waals surface area contributed by atoms with Gasteiger partial charge in [0.25, 0.3) is 0 Å². The minimum absolute atomic E-state index is 0.731. The van der Waals surface area contributed by atoms with Crippen LogP contribution in [-0.4, -0.2) is 23.8 Å². The van der Waals surface area contributed by atoms with Crippen LogP contribution >= 0.6 is 15.9 Å². The lowest BCUT2D eigenvalue weighted by molar-refractivity contribution is 0.393. The highest BCUT2D eigenvalue weighted by Gasteiger charge is 2.09. The van der Waals surface area contributed by atoms with Crippen molar-refractivity contribution < 1.29 is 9.47 Å². The molecule has 0 aliphatic heterocycles. The van der Waals surface area contributed by atoms with Gasteiger partial charge in [-0.2, -0.15) is 0 Å². The van der Waals surface area contributed by atoms with Crippen molar-refractivity contribution in [2.75, 3.05) is 14.2 Å². The molecule has 1 heterocycles. The van der Waals surface area contributed by atoms with Crippen LogP contribution in [0.5, 0.6) is 11.5 Å². The molecule has 0 amide bonds. The van der Waals surface area contributed by atoms with Gasteiger partial charge in [0.1, 0.15) is 16.1 Å². The van der Waals surface area contributed by atoms with Gasteiger partial charge in [-0.15, -0.1) is 0 Å². The Morgan fingerprint density at radius 1 is 1.17 bits per heavy atom. The molecular weight excluding hydrogens is 296 g/mol. The Hall–Kier alpha value is -1.49. The Labute approximate surface area is 115 Å². The molecule has 0 saturated carbocycles. The largest absolute Gasteiger partial charge is 0.497 e. The minimum Gasteiger partial charge on any atom is -0.497 e. The predicted molar refractivity (Wildman–Crippen MR) is 73.3 cm³/mol. The van der Waals surface area contributed by atoms with E-state index in [1.165, 1.54) is 0 Å². The van der Waals surface area contributed by atoms with Gasteiger partial charge in [0, 0.05) is 19.5 Å².